The highest BCUT2D eigenvalue weighted by Gasteiger charge is 2.21. The molecular weight excluding hydrogens is 304 g/mol. The van der Waals surface area contributed by atoms with Crippen LogP contribution in [0.15, 0.2) is 72.5 Å². The number of rotatable bonds is 3. The monoisotopic (exact) mass is 323 g/mol. The molecule has 24 heavy (non-hydrogen) atoms. The molecule has 0 amide bonds. The molecule has 0 aromatic heterocycles. The summed E-state index contributed by atoms with van der Waals surface area (Å²) in [7, 11) is 0. The van der Waals surface area contributed by atoms with Gasteiger partial charge in [0.15, 0.2) is 0 Å². The Morgan fingerprint density at radius 1 is 1.04 bits per heavy atom. The molecule has 0 radical (unpaired) electrons. The van der Waals surface area contributed by atoms with Gasteiger partial charge in [0.05, 0.1) is 6.04 Å². The summed E-state index contributed by atoms with van der Waals surface area (Å²) in [5.41, 5.74) is 4.55. The van der Waals surface area contributed by atoms with E-state index in [1.807, 2.05) is 49.4 Å². The van der Waals surface area contributed by atoms with Gasteiger partial charge in [-0.05, 0) is 42.7 Å². The Kier molecular flexibility index (Phi) is 4.34. The van der Waals surface area contributed by atoms with Crippen LogP contribution in [0.25, 0.3) is 5.57 Å². The Morgan fingerprint density at radius 3 is 2.46 bits per heavy atom. The van der Waals surface area contributed by atoms with Gasteiger partial charge in [-0.25, -0.2) is 8.78 Å². The van der Waals surface area contributed by atoms with E-state index in [0.29, 0.717) is 11.1 Å². The van der Waals surface area contributed by atoms with Crippen molar-refractivity contribution in [1.29, 1.82) is 0 Å². The van der Waals surface area contributed by atoms with E-state index >= 15 is 0 Å². The normalized spacial score (nSPS) is 16.9. The zero-order valence-corrected chi connectivity index (χ0v) is 13.7. The van der Waals surface area contributed by atoms with Crippen molar-refractivity contribution in [3.63, 3.8) is 0 Å². The van der Waals surface area contributed by atoms with E-state index in [-0.39, 0.29) is 6.04 Å². The number of halogens is 2. The minimum atomic E-state index is -0.550. The second-order valence-electron chi connectivity index (χ2n) is 6.06. The maximum Gasteiger partial charge on any atom is 0.131 e. The van der Waals surface area contributed by atoms with Crippen molar-refractivity contribution >= 4 is 5.57 Å². The molecule has 0 saturated carbocycles. The first-order chi connectivity index (χ1) is 11.5. The summed E-state index contributed by atoms with van der Waals surface area (Å²) in [6.45, 7) is 7.75. The molecule has 0 aliphatic carbocycles. The molecule has 3 heteroatoms. The number of dihydropyridines is 1. The Hall–Kier alpha value is -2.68. The van der Waals surface area contributed by atoms with Gasteiger partial charge in [-0.15, -0.1) is 0 Å². The number of benzene rings is 2. The van der Waals surface area contributed by atoms with Crippen LogP contribution in [0.3, 0.4) is 0 Å². The van der Waals surface area contributed by atoms with Crippen LogP contribution >= 0.6 is 0 Å². The predicted molar refractivity (Wildman–Crippen MR) is 94.3 cm³/mol. The van der Waals surface area contributed by atoms with Gasteiger partial charge >= 0.3 is 0 Å². The fraction of sp³-hybridized carbons (Fsp3) is 0.143. The summed E-state index contributed by atoms with van der Waals surface area (Å²) >= 11 is 0. The van der Waals surface area contributed by atoms with E-state index in [2.05, 4.69) is 11.9 Å². The first kappa shape index (κ1) is 16.2. The molecular formula is C21H19F2N. The van der Waals surface area contributed by atoms with Gasteiger partial charge in [0.1, 0.15) is 11.6 Å². The van der Waals surface area contributed by atoms with Crippen LogP contribution < -0.4 is 5.32 Å². The fourth-order valence-electron chi connectivity index (χ4n) is 2.84. The van der Waals surface area contributed by atoms with Crippen LogP contribution in [0, 0.1) is 18.6 Å². The van der Waals surface area contributed by atoms with Gasteiger partial charge in [-0.3, -0.25) is 0 Å². The molecule has 0 bridgehead atoms. The van der Waals surface area contributed by atoms with Gasteiger partial charge in [-0.2, -0.15) is 0 Å². The third kappa shape index (κ3) is 3.16. The molecule has 1 heterocycles. The highest BCUT2D eigenvalue weighted by molar-refractivity contribution is 5.77. The summed E-state index contributed by atoms with van der Waals surface area (Å²) in [5.74, 6) is -1.08. The molecule has 3 rings (SSSR count). The molecule has 1 unspecified atom stereocenters. The largest absolute Gasteiger partial charge is 0.374 e. The minimum absolute atomic E-state index is 0.357. The highest BCUT2D eigenvalue weighted by atomic mass is 19.1. The molecule has 122 valence electrons. The standard InChI is InChI=1S/C21H19F2N/c1-13-9-20(15(3)16-7-5-4-6-8-16)24-21(10-13)17-11-14(2)18(22)12-19(17)23/h4-12,21,24H,3H2,1-2H3. The Bertz CT molecular complexity index is 848. The van der Waals surface area contributed by atoms with Gasteiger partial charge in [0.2, 0.25) is 0 Å². The lowest BCUT2D eigenvalue weighted by molar-refractivity contribution is 0.551. The van der Waals surface area contributed by atoms with Crippen LogP contribution in [0.2, 0.25) is 0 Å². The molecule has 2 aromatic carbocycles. The van der Waals surface area contributed by atoms with Crippen molar-refractivity contribution in [1.82, 2.24) is 5.32 Å². The third-order valence-corrected chi connectivity index (χ3v) is 4.17. The minimum Gasteiger partial charge on any atom is -0.374 e. The maximum absolute atomic E-state index is 14.2. The van der Waals surface area contributed by atoms with E-state index in [4.69, 9.17) is 0 Å². The Labute approximate surface area is 141 Å². The number of aryl methyl sites for hydroxylation is 1. The van der Waals surface area contributed by atoms with Crippen LogP contribution in [-0.4, -0.2) is 0 Å². The van der Waals surface area contributed by atoms with Crippen molar-refractivity contribution < 1.29 is 8.78 Å². The molecule has 0 spiro atoms. The summed E-state index contributed by atoms with van der Waals surface area (Å²) in [5, 5.41) is 3.31. The van der Waals surface area contributed by atoms with E-state index in [0.717, 1.165) is 28.5 Å². The van der Waals surface area contributed by atoms with Crippen LogP contribution in [0.4, 0.5) is 8.78 Å². The maximum atomic E-state index is 14.2. The number of nitrogens with one attached hydrogen (secondary N) is 1. The van der Waals surface area contributed by atoms with Crippen LogP contribution in [0.1, 0.15) is 29.7 Å². The topological polar surface area (TPSA) is 12.0 Å². The molecule has 1 nitrogen and oxygen atoms in total. The van der Waals surface area contributed by atoms with E-state index < -0.39 is 11.6 Å². The molecule has 1 aliphatic rings. The van der Waals surface area contributed by atoms with E-state index in [9.17, 15) is 8.78 Å². The second-order valence-corrected chi connectivity index (χ2v) is 6.06. The van der Waals surface area contributed by atoms with Crippen LogP contribution in [-0.2, 0) is 0 Å². The number of hydrogen-bond acceptors (Lipinski definition) is 1. The SMILES string of the molecule is C=C(C1=CC(C)=CC(c2cc(C)c(F)cc2F)N1)c1ccccc1. The van der Waals surface area contributed by atoms with Crippen molar-refractivity contribution in [2.45, 2.75) is 19.9 Å². The molecule has 2 aromatic rings. The van der Waals surface area contributed by atoms with E-state index in [1.165, 1.54) is 0 Å². The average Bonchev–Trinajstić information content (AvgIpc) is 2.57. The van der Waals surface area contributed by atoms with Gasteiger partial charge in [0.25, 0.3) is 0 Å². The Balaban J connectivity index is 1.94. The second kappa shape index (κ2) is 6.44. The third-order valence-electron chi connectivity index (χ3n) is 4.17. The molecule has 1 atom stereocenters. The quantitative estimate of drug-likeness (QED) is 0.791. The highest BCUT2D eigenvalue weighted by Crippen LogP contribution is 2.30. The van der Waals surface area contributed by atoms with Crippen molar-refractivity contribution in [3.8, 4) is 0 Å². The first-order valence-electron chi connectivity index (χ1n) is 7.82. The summed E-state index contributed by atoms with van der Waals surface area (Å²) in [6.07, 6.45) is 3.91. The number of hydrogen-bond donors (Lipinski definition) is 1. The lowest BCUT2D eigenvalue weighted by Crippen LogP contribution is -2.24. The summed E-state index contributed by atoms with van der Waals surface area (Å²) < 4.78 is 27.8. The van der Waals surface area contributed by atoms with Crippen molar-refractivity contribution in [2.24, 2.45) is 0 Å². The number of allylic oxidation sites excluding steroid dienone is 3. The van der Waals surface area contributed by atoms with Gasteiger partial charge in [-0.1, -0.05) is 48.6 Å². The average molecular weight is 323 g/mol. The zero-order chi connectivity index (χ0) is 17.3. The Morgan fingerprint density at radius 2 is 1.75 bits per heavy atom. The fourth-order valence-corrected chi connectivity index (χ4v) is 2.84. The smallest absolute Gasteiger partial charge is 0.131 e. The molecule has 1 aliphatic heterocycles. The van der Waals surface area contributed by atoms with Crippen molar-refractivity contribution in [3.05, 3.63) is 101 Å². The lowest BCUT2D eigenvalue weighted by Gasteiger charge is -2.26. The van der Waals surface area contributed by atoms with Crippen LogP contribution in [0.5, 0.6) is 0 Å². The van der Waals surface area contributed by atoms with E-state index in [1.54, 1.807) is 13.0 Å². The molecule has 1 N–H and O–H groups in total. The predicted octanol–water partition coefficient (Wildman–Crippen LogP) is 5.46. The zero-order valence-electron chi connectivity index (χ0n) is 13.7. The first-order valence-corrected chi connectivity index (χ1v) is 7.82. The molecule has 0 fully saturated rings. The van der Waals surface area contributed by atoms with Crippen molar-refractivity contribution in [2.75, 3.05) is 0 Å². The summed E-state index contributed by atoms with van der Waals surface area (Å²) in [4.78, 5) is 0. The van der Waals surface area contributed by atoms with Gasteiger partial charge < -0.3 is 5.32 Å². The van der Waals surface area contributed by atoms with Gasteiger partial charge in [0, 0.05) is 17.3 Å². The summed E-state index contributed by atoms with van der Waals surface area (Å²) in [6, 6.07) is 12.0. The molecule has 0 saturated heterocycles. The lowest BCUT2D eigenvalue weighted by atomic mass is 9.94.